The summed E-state index contributed by atoms with van der Waals surface area (Å²) in [4.78, 5) is 14.7. The molecule has 6 heteroatoms. The molecule has 0 bridgehead atoms. The summed E-state index contributed by atoms with van der Waals surface area (Å²) in [5, 5.41) is 14.1. The number of pyridine rings is 1. The summed E-state index contributed by atoms with van der Waals surface area (Å²) in [7, 11) is 0. The third-order valence-electron chi connectivity index (χ3n) is 2.79. The summed E-state index contributed by atoms with van der Waals surface area (Å²) < 4.78 is 5.71. The van der Waals surface area contributed by atoms with Crippen LogP contribution in [0.1, 0.15) is 26.3 Å². The molecule has 0 unspecified atom stereocenters. The lowest BCUT2D eigenvalue weighted by Gasteiger charge is -2.20. The van der Waals surface area contributed by atoms with Crippen LogP contribution in [0.25, 0.3) is 0 Å². The van der Waals surface area contributed by atoms with Gasteiger partial charge in [0.15, 0.2) is 0 Å². The number of anilines is 1. The van der Waals surface area contributed by atoms with E-state index in [1.807, 2.05) is 32.9 Å². The molecule has 2 rings (SSSR count). The summed E-state index contributed by atoms with van der Waals surface area (Å²) in [5.74, 6) is 0.536. The normalized spacial score (nSPS) is 11.0. The van der Waals surface area contributed by atoms with E-state index in [1.54, 1.807) is 24.4 Å². The van der Waals surface area contributed by atoms with Gasteiger partial charge in [-0.25, -0.2) is 4.98 Å². The Morgan fingerprint density at radius 2 is 2.00 bits per heavy atom. The molecule has 1 heterocycles. The van der Waals surface area contributed by atoms with E-state index in [1.165, 1.54) is 6.07 Å². The van der Waals surface area contributed by atoms with E-state index in [2.05, 4.69) is 10.3 Å². The van der Waals surface area contributed by atoms with Crippen molar-refractivity contribution < 1.29 is 9.66 Å². The van der Waals surface area contributed by atoms with E-state index in [4.69, 9.17) is 4.74 Å². The largest absolute Gasteiger partial charge is 0.472 e. The van der Waals surface area contributed by atoms with Crippen LogP contribution in [0.2, 0.25) is 0 Å². The monoisotopic (exact) mass is 301 g/mol. The second-order valence-electron chi connectivity index (χ2n) is 5.84. The maximum Gasteiger partial charge on any atom is 0.292 e. The van der Waals surface area contributed by atoms with Crippen LogP contribution >= 0.6 is 0 Å². The first-order valence-corrected chi connectivity index (χ1v) is 6.96. The minimum atomic E-state index is -0.400. The molecule has 0 saturated heterocycles. The Kier molecular flexibility index (Phi) is 4.60. The summed E-state index contributed by atoms with van der Waals surface area (Å²) in [5.41, 5.74) is 1.16. The Labute approximate surface area is 129 Å². The number of hydrogen-bond donors (Lipinski definition) is 1. The lowest BCUT2D eigenvalue weighted by molar-refractivity contribution is -0.384. The van der Waals surface area contributed by atoms with E-state index in [9.17, 15) is 10.1 Å². The average molecular weight is 301 g/mol. The molecule has 1 N–H and O–H groups in total. The van der Waals surface area contributed by atoms with Crippen LogP contribution in [0.15, 0.2) is 42.6 Å². The number of nitro benzene ring substituents is 1. The molecule has 2 aromatic rings. The summed E-state index contributed by atoms with van der Waals surface area (Å²) in [6, 6.07) is 10.2. The highest BCUT2D eigenvalue weighted by atomic mass is 16.6. The van der Waals surface area contributed by atoms with Gasteiger partial charge in [0.05, 0.1) is 4.92 Å². The highest BCUT2D eigenvalue weighted by molar-refractivity contribution is 5.61. The van der Waals surface area contributed by atoms with Gasteiger partial charge in [0.25, 0.3) is 5.69 Å². The fourth-order valence-corrected chi connectivity index (χ4v) is 1.91. The molecule has 0 aliphatic carbocycles. The zero-order chi connectivity index (χ0) is 16.2. The van der Waals surface area contributed by atoms with Gasteiger partial charge in [-0.2, -0.15) is 0 Å². The summed E-state index contributed by atoms with van der Waals surface area (Å²) in [6.45, 7) is 6.31. The van der Waals surface area contributed by atoms with Gasteiger partial charge >= 0.3 is 0 Å². The van der Waals surface area contributed by atoms with Crippen molar-refractivity contribution in [2.45, 2.75) is 32.9 Å². The topological polar surface area (TPSA) is 77.3 Å². The maximum absolute atomic E-state index is 11.0. The van der Waals surface area contributed by atoms with Crippen molar-refractivity contribution in [3.05, 3.63) is 58.3 Å². The van der Waals surface area contributed by atoms with E-state index in [0.29, 0.717) is 18.1 Å². The van der Waals surface area contributed by atoms with Crippen LogP contribution in [-0.2, 0) is 6.54 Å². The number of nitrogens with one attached hydrogen (secondary N) is 1. The average Bonchev–Trinajstić information content (AvgIpc) is 2.44. The van der Waals surface area contributed by atoms with E-state index in [-0.39, 0.29) is 11.3 Å². The van der Waals surface area contributed by atoms with Gasteiger partial charge < -0.3 is 10.1 Å². The molecule has 1 aromatic heterocycles. The number of nitrogens with zero attached hydrogens (tertiary/aromatic N) is 2. The summed E-state index contributed by atoms with van der Waals surface area (Å²) in [6.07, 6.45) is 1.66. The van der Waals surface area contributed by atoms with Gasteiger partial charge in [-0.3, -0.25) is 10.1 Å². The number of benzene rings is 1. The number of aromatic nitrogens is 1. The van der Waals surface area contributed by atoms with Crippen LogP contribution in [0.3, 0.4) is 0 Å². The number of rotatable bonds is 5. The second kappa shape index (κ2) is 6.43. The number of para-hydroxylation sites is 2. The molecule has 22 heavy (non-hydrogen) atoms. The first-order valence-electron chi connectivity index (χ1n) is 6.96. The Bertz CT molecular complexity index is 666. The predicted octanol–water partition coefficient (Wildman–Crippen LogP) is 3.78. The highest BCUT2D eigenvalue weighted by Gasteiger charge is 2.14. The highest BCUT2D eigenvalue weighted by Crippen LogP contribution is 2.24. The van der Waals surface area contributed by atoms with Crippen LogP contribution in [0.4, 0.5) is 11.4 Å². The van der Waals surface area contributed by atoms with E-state index in [0.717, 1.165) is 5.56 Å². The Morgan fingerprint density at radius 1 is 1.27 bits per heavy atom. The SMILES string of the molecule is CC(C)(C)Oc1cc(CNc2ccccc2[N+](=O)[O-])ccn1. The first-order chi connectivity index (χ1) is 10.3. The fraction of sp³-hybridized carbons (Fsp3) is 0.312. The molecular weight excluding hydrogens is 282 g/mol. The quantitative estimate of drug-likeness (QED) is 0.671. The molecule has 0 spiro atoms. The third kappa shape index (κ3) is 4.44. The zero-order valence-electron chi connectivity index (χ0n) is 12.9. The molecular formula is C16H19N3O3. The van der Waals surface area contributed by atoms with E-state index >= 15 is 0 Å². The van der Waals surface area contributed by atoms with Crippen LogP contribution in [0.5, 0.6) is 5.88 Å². The Balaban J connectivity index is 2.09. The molecule has 0 aliphatic rings. The lowest BCUT2D eigenvalue weighted by Crippen LogP contribution is -2.23. The number of hydrogen-bond acceptors (Lipinski definition) is 5. The van der Waals surface area contributed by atoms with Gasteiger partial charge in [-0.15, -0.1) is 0 Å². The second-order valence-corrected chi connectivity index (χ2v) is 5.84. The maximum atomic E-state index is 11.0. The number of nitro groups is 1. The standard InChI is InChI=1S/C16H19N3O3/c1-16(2,3)22-15-10-12(8-9-17-15)11-18-13-6-4-5-7-14(13)19(20)21/h4-10,18H,11H2,1-3H3. The van der Waals surface area contributed by atoms with Gasteiger partial charge in [0, 0.05) is 24.9 Å². The molecule has 0 amide bonds. The molecule has 1 aromatic carbocycles. The molecule has 0 aliphatic heterocycles. The van der Waals surface area contributed by atoms with Crippen molar-refractivity contribution in [2.24, 2.45) is 0 Å². The van der Waals surface area contributed by atoms with Gasteiger partial charge in [-0.05, 0) is 38.5 Å². The van der Waals surface area contributed by atoms with Crippen molar-refractivity contribution >= 4 is 11.4 Å². The van der Waals surface area contributed by atoms with Crippen LogP contribution < -0.4 is 10.1 Å². The van der Waals surface area contributed by atoms with Gasteiger partial charge in [-0.1, -0.05) is 12.1 Å². The molecule has 116 valence electrons. The molecule has 0 fully saturated rings. The van der Waals surface area contributed by atoms with Crippen molar-refractivity contribution in [2.75, 3.05) is 5.32 Å². The van der Waals surface area contributed by atoms with Crippen molar-refractivity contribution in [3.8, 4) is 5.88 Å². The predicted molar refractivity (Wildman–Crippen MR) is 85.0 cm³/mol. The zero-order valence-corrected chi connectivity index (χ0v) is 12.9. The van der Waals surface area contributed by atoms with Crippen molar-refractivity contribution in [1.82, 2.24) is 4.98 Å². The smallest absolute Gasteiger partial charge is 0.292 e. The molecule has 0 radical (unpaired) electrons. The molecule has 6 nitrogen and oxygen atoms in total. The van der Waals surface area contributed by atoms with Gasteiger partial charge in [0.1, 0.15) is 11.3 Å². The molecule has 0 atom stereocenters. The minimum Gasteiger partial charge on any atom is -0.472 e. The molecule has 0 saturated carbocycles. The lowest BCUT2D eigenvalue weighted by atomic mass is 10.2. The Hall–Kier alpha value is -2.63. The Morgan fingerprint density at radius 3 is 2.68 bits per heavy atom. The van der Waals surface area contributed by atoms with Crippen molar-refractivity contribution in [1.29, 1.82) is 0 Å². The van der Waals surface area contributed by atoms with Crippen LogP contribution in [-0.4, -0.2) is 15.5 Å². The minimum absolute atomic E-state index is 0.0581. The van der Waals surface area contributed by atoms with E-state index < -0.39 is 4.92 Å². The van der Waals surface area contributed by atoms with Gasteiger partial charge in [0.2, 0.25) is 5.88 Å². The fourth-order valence-electron chi connectivity index (χ4n) is 1.91. The van der Waals surface area contributed by atoms with Crippen molar-refractivity contribution in [3.63, 3.8) is 0 Å². The van der Waals surface area contributed by atoms with Crippen LogP contribution in [0, 0.1) is 10.1 Å². The third-order valence-corrected chi connectivity index (χ3v) is 2.79. The number of ether oxygens (including phenoxy) is 1. The first kappa shape index (κ1) is 15.8. The summed E-state index contributed by atoms with van der Waals surface area (Å²) >= 11 is 0.